The highest BCUT2D eigenvalue weighted by Gasteiger charge is 2.29. The molecule has 1 aromatic heterocycles. The first kappa shape index (κ1) is 18.9. The molecule has 1 unspecified atom stereocenters. The number of amides is 2. The Labute approximate surface area is 165 Å². The predicted octanol–water partition coefficient (Wildman–Crippen LogP) is 3.68. The maximum atomic E-state index is 12.6. The Balaban J connectivity index is 1.29. The molecule has 2 saturated heterocycles. The number of nitrogens with one attached hydrogen (secondary N) is 1. The minimum Gasteiger partial charge on any atom is -0.381 e. The first-order valence-electron chi connectivity index (χ1n) is 10.1. The van der Waals surface area contributed by atoms with Crippen molar-refractivity contribution in [3.8, 4) is 0 Å². The van der Waals surface area contributed by atoms with E-state index in [1.807, 2.05) is 23.1 Å². The lowest BCUT2D eigenvalue weighted by Gasteiger charge is -2.18. The van der Waals surface area contributed by atoms with Gasteiger partial charge in [-0.15, -0.1) is 0 Å². The van der Waals surface area contributed by atoms with Crippen LogP contribution in [0.1, 0.15) is 48.0 Å². The number of ether oxygens (including phenoxy) is 1. The van der Waals surface area contributed by atoms with Gasteiger partial charge in [-0.3, -0.25) is 0 Å². The van der Waals surface area contributed by atoms with Crippen LogP contribution in [0.15, 0.2) is 22.7 Å². The molecule has 150 valence electrons. The monoisotopic (exact) mass is 384 g/mol. The van der Waals surface area contributed by atoms with Crippen LogP contribution < -0.4 is 5.32 Å². The number of nitrogens with zero attached hydrogens (tertiary/aromatic N) is 3. The number of hydrogen-bond donors (Lipinski definition) is 1. The van der Waals surface area contributed by atoms with Crippen molar-refractivity contribution in [1.29, 1.82) is 0 Å². The molecule has 1 atom stereocenters. The lowest BCUT2D eigenvalue weighted by atomic mass is 10.0. The fourth-order valence-corrected chi connectivity index (χ4v) is 3.92. The number of hydrogen-bond acceptors (Lipinski definition) is 5. The number of aryl methyl sites for hydroxylation is 2. The SMILES string of the molecule is Cc1ccc(NC(=O)N2CCC(Cc3noc(C4CCOCC4)n3)C2)cc1C. The van der Waals surface area contributed by atoms with E-state index in [0.29, 0.717) is 11.8 Å². The van der Waals surface area contributed by atoms with E-state index >= 15 is 0 Å². The Hall–Kier alpha value is -2.41. The number of benzene rings is 1. The molecule has 0 spiro atoms. The number of carbonyl (C=O) groups is 1. The van der Waals surface area contributed by atoms with Crippen LogP contribution in [-0.4, -0.2) is 47.4 Å². The van der Waals surface area contributed by atoms with Crippen LogP contribution in [0, 0.1) is 19.8 Å². The minimum absolute atomic E-state index is 0.0400. The van der Waals surface area contributed by atoms with Gasteiger partial charge in [-0.25, -0.2) is 4.79 Å². The standard InChI is InChI=1S/C21H28N4O3/c1-14-3-4-18(11-15(14)2)22-21(26)25-8-5-16(13-25)12-19-23-20(28-24-19)17-6-9-27-10-7-17/h3-4,11,16-17H,5-10,12-13H2,1-2H3,(H,22,26). The van der Waals surface area contributed by atoms with Crippen LogP contribution in [-0.2, 0) is 11.2 Å². The lowest BCUT2D eigenvalue weighted by Crippen LogP contribution is -2.33. The van der Waals surface area contributed by atoms with Gasteiger partial charge in [0.05, 0.1) is 0 Å². The fourth-order valence-electron chi connectivity index (χ4n) is 3.92. The molecule has 4 rings (SSSR count). The van der Waals surface area contributed by atoms with Crippen molar-refractivity contribution >= 4 is 11.7 Å². The van der Waals surface area contributed by atoms with Crippen LogP contribution in [0.4, 0.5) is 10.5 Å². The molecule has 0 bridgehead atoms. The van der Waals surface area contributed by atoms with E-state index in [-0.39, 0.29) is 6.03 Å². The predicted molar refractivity (Wildman–Crippen MR) is 105 cm³/mol. The molecule has 28 heavy (non-hydrogen) atoms. The summed E-state index contributed by atoms with van der Waals surface area (Å²) in [6.45, 7) is 7.11. The molecule has 0 aliphatic carbocycles. The highest BCUT2D eigenvalue weighted by molar-refractivity contribution is 5.89. The molecular weight excluding hydrogens is 356 g/mol. The summed E-state index contributed by atoms with van der Waals surface area (Å²) in [5, 5.41) is 7.17. The van der Waals surface area contributed by atoms with Gasteiger partial charge in [-0.05, 0) is 62.3 Å². The topological polar surface area (TPSA) is 80.5 Å². The van der Waals surface area contributed by atoms with E-state index in [4.69, 9.17) is 9.26 Å². The number of likely N-dealkylation sites (tertiary alicyclic amines) is 1. The summed E-state index contributed by atoms with van der Waals surface area (Å²) < 4.78 is 10.9. The molecule has 1 aromatic carbocycles. The van der Waals surface area contributed by atoms with E-state index in [2.05, 4.69) is 29.3 Å². The van der Waals surface area contributed by atoms with Gasteiger partial charge >= 0.3 is 6.03 Å². The van der Waals surface area contributed by atoms with Gasteiger partial charge in [-0.2, -0.15) is 4.98 Å². The highest BCUT2D eigenvalue weighted by Crippen LogP contribution is 2.27. The van der Waals surface area contributed by atoms with Gasteiger partial charge in [0, 0.05) is 44.3 Å². The third kappa shape index (κ3) is 4.35. The number of anilines is 1. The molecule has 0 saturated carbocycles. The average Bonchev–Trinajstić information content (AvgIpc) is 3.36. The normalized spacial score (nSPS) is 20.5. The molecule has 2 aliphatic heterocycles. The van der Waals surface area contributed by atoms with Crippen molar-refractivity contribution in [2.75, 3.05) is 31.6 Å². The Morgan fingerprint density at radius 2 is 2.04 bits per heavy atom. The summed E-state index contributed by atoms with van der Waals surface area (Å²) in [6.07, 6.45) is 3.59. The van der Waals surface area contributed by atoms with Gasteiger partial charge in [0.2, 0.25) is 5.89 Å². The second kappa shape index (κ2) is 8.31. The number of carbonyl (C=O) groups excluding carboxylic acids is 1. The number of aromatic nitrogens is 2. The molecule has 3 heterocycles. The zero-order chi connectivity index (χ0) is 19.5. The summed E-state index contributed by atoms with van der Waals surface area (Å²) >= 11 is 0. The van der Waals surface area contributed by atoms with Gasteiger partial charge in [0.1, 0.15) is 0 Å². The third-order valence-electron chi connectivity index (χ3n) is 5.86. The molecule has 7 heteroatoms. The van der Waals surface area contributed by atoms with E-state index in [9.17, 15) is 4.79 Å². The Morgan fingerprint density at radius 3 is 2.82 bits per heavy atom. The minimum atomic E-state index is -0.0400. The van der Waals surface area contributed by atoms with Crippen molar-refractivity contribution in [2.24, 2.45) is 5.92 Å². The molecule has 2 aromatic rings. The summed E-state index contributed by atoms with van der Waals surface area (Å²) in [4.78, 5) is 19.0. The molecule has 1 N–H and O–H groups in total. The number of rotatable bonds is 4. The summed E-state index contributed by atoms with van der Waals surface area (Å²) in [5.41, 5.74) is 3.24. The molecular formula is C21H28N4O3. The zero-order valence-electron chi connectivity index (χ0n) is 16.6. The van der Waals surface area contributed by atoms with Crippen LogP contribution in [0.2, 0.25) is 0 Å². The summed E-state index contributed by atoms with van der Waals surface area (Å²) in [6, 6.07) is 5.95. The Bertz CT molecular complexity index is 829. The van der Waals surface area contributed by atoms with E-state index < -0.39 is 0 Å². The Morgan fingerprint density at radius 1 is 1.21 bits per heavy atom. The first-order chi connectivity index (χ1) is 13.6. The van der Waals surface area contributed by atoms with Crippen LogP contribution in [0.25, 0.3) is 0 Å². The van der Waals surface area contributed by atoms with Crippen molar-refractivity contribution in [1.82, 2.24) is 15.0 Å². The van der Waals surface area contributed by atoms with Crippen LogP contribution in [0.5, 0.6) is 0 Å². The van der Waals surface area contributed by atoms with E-state index in [0.717, 1.165) is 69.4 Å². The summed E-state index contributed by atoms with van der Waals surface area (Å²) in [5.74, 6) is 2.17. The van der Waals surface area contributed by atoms with Crippen molar-refractivity contribution in [3.63, 3.8) is 0 Å². The van der Waals surface area contributed by atoms with E-state index in [1.165, 1.54) is 11.1 Å². The Kier molecular flexibility index (Phi) is 5.62. The second-order valence-corrected chi connectivity index (χ2v) is 7.97. The van der Waals surface area contributed by atoms with Gasteiger partial charge in [0.25, 0.3) is 0 Å². The van der Waals surface area contributed by atoms with E-state index in [1.54, 1.807) is 0 Å². The number of urea groups is 1. The van der Waals surface area contributed by atoms with Crippen molar-refractivity contribution in [3.05, 3.63) is 41.0 Å². The molecule has 2 amide bonds. The first-order valence-corrected chi connectivity index (χ1v) is 10.1. The van der Waals surface area contributed by atoms with Crippen LogP contribution in [0.3, 0.4) is 0 Å². The maximum Gasteiger partial charge on any atom is 0.321 e. The molecule has 0 radical (unpaired) electrons. The fraction of sp³-hybridized carbons (Fsp3) is 0.571. The van der Waals surface area contributed by atoms with Crippen molar-refractivity contribution in [2.45, 2.75) is 45.4 Å². The van der Waals surface area contributed by atoms with Gasteiger partial charge < -0.3 is 19.5 Å². The maximum absolute atomic E-state index is 12.6. The van der Waals surface area contributed by atoms with Gasteiger partial charge in [-0.1, -0.05) is 11.2 Å². The molecule has 2 fully saturated rings. The van der Waals surface area contributed by atoms with Crippen LogP contribution >= 0.6 is 0 Å². The second-order valence-electron chi connectivity index (χ2n) is 7.97. The molecule has 7 nitrogen and oxygen atoms in total. The highest BCUT2D eigenvalue weighted by atomic mass is 16.5. The third-order valence-corrected chi connectivity index (χ3v) is 5.86. The van der Waals surface area contributed by atoms with Crippen molar-refractivity contribution < 1.29 is 14.1 Å². The zero-order valence-corrected chi connectivity index (χ0v) is 16.6. The largest absolute Gasteiger partial charge is 0.381 e. The average molecular weight is 384 g/mol. The summed E-state index contributed by atoms with van der Waals surface area (Å²) in [7, 11) is 0. The molecule has 2 aliphatic rings. The smallest absolute Gasteiger partial charge is 0.321 e. The lowest BCUT2D eigenvalue weighted by molar-refractivity contribution is 0.0778. The van der Waals surface area contributed by atoms with Gasteiger partial charge in [0.15, 0.2) is 5.82 Å². The quantitative estimate of drug-likeness (QED) is 0.870.